The van der Waals surface area contributed by atoms with Crippen molar-refractivity contribution in [2.75, 3.05) is 11.9 Å². The fourth-order valence-corrected chi connectivity index (χ4v) is 3.93. The van der Waals surface area contributed by atoms with Crippen LogP contribution in [0, 0.1) is 12.7 Å². The number of aryl methyl sites for hydroxylation is 3. The Balaban J connectivity index is 1.50. The third kappa shape index (κ3) is 3.37. The molecular weight excluding hydrogens is 373 g/mol. The van der Waals surface area contributed by atoms with Gasteiger partial charge in [-0.25, -0.2) is 9.18 Å². The zero-order valence-corrected chi connectivity index (χ0v) is 16.3. The molecule has 2 aliphatic rings. The van der Waals surface area contributed by atoms with Crippen molar-refractivity contribution in [2.24, 2.45) is 0 Å². The molecule has 29 heavy (non-hydrogen) atoms. The minimum Gasteiger partial charge on any atom is -0.324 e. The zero-order chi connectivity index (χ0) is 20.8. The van der Waals surface area contributed by atoms with Gasteiger partial charge in [0.05, 0.1) is 0 Å². The molecular formula is C22H22FN3O3. The number of rotatable bonds is 4. The van der Waals surface area contributed by atoms with Crippen molar-refractivity contribution >= 4 is 23.5 Å². The average molecular weight is 395 g/mol. The van der Waals surface area contributed by atoms with Crippen LogP contribution in [0.3, 0.4) is 0 Å². The van der Waals surface area contributed by atoms with Crippen molar-refractivity contribution in [2.45, 2.75) is 38.6 Å². The molecule has 2 aromatic carbocycles. The van der Waals surface area contributed by atoms with E-state index in [-0.39, 0.29) is 5.69 Å². The molecule has 2 N–H and O–H groups in total. The van der Waals surface area contributed by atoms with Crippen LogP contribution in [0.4, 0.5) is 14.9 Å². The molecule has 2 aromatic rings. The summed E-state index contributed by atoms with van der Waals surface area (Å²) in [5, 5.41) is 5.25. The summed E-state index contributed by atoms with van der Waals surface area (Å²) in [5.41, 5.74) is 2.69. The van der Waals surface area contributed by atoms with Crippen LogP contribution in [0.1, 0.15) is 35.6 Å². The third-order valence-corrected chi connectivity index (χ3v) is 5.71. The number of hydrogen-bond acceptors (Lipinski definition) is 3. The molecule has 0 spiro atoms. The van der Waals surface area contributed by atoms with Gasteiger partial charge in [0.2, 0.25) is 5.91 Å². The molecule has 0 radical (unpaired) electrons. The molecule has 4 amide bonds. The number of benzene rings is 2. The number of amides is 4. The number of imide groups is 1. The molecule has 0 bridgehead atoms. The molecule has 1 aliphatic heterocycles. The van der Waals surface area contributed by atoms with Crippen LogP contribution in [-0.2, 0) is 28.0 Å². The Morgan fingerprint density at radius 3 is 2.69 bits per heavy atom. The largest absolute Gasteiger partial charge is 0.325 e. The Morgan fingerprint density at radius 1 is 1.17 bits per heavy atom. The van der Waals surface area contributed by atoms with E-state index in [9.17, 15) is 18.8 Å². The van der Waals surface area contributed by atoms with Crippen LogP contribution in [0.15, 0.2) is 36.4 Å². The Kier molecular flexibility index (Phi) is 4.61. The van der Waals surface area contributed by atoms with Crippen molar-refractivity contribution in [1.29, 1.82) is 0 Å². The van der Waals surface area contributed by atoms with Gasteiger partial charge in [0.25, 0.3) is 5.91 Å². The smallest absolute Gasteiger partial charge is 0.324 e. The molecule has 0 unspecified atom stereocenters. The van der Waals surface area contributed by atoms with E-state index in [0.29, 0.717) is 11.1 Å². The Morgan fingerprint density at radius 2 is 1.93 bits per heavy atom. The van der Waals surface area contributed by atoms with E-state index in [1.807, 2.05) is 18.2 Å². The topological polar surface area (TPSA) is 78.5 Å². The second kappa shape index (κ2) is 6.99. The van der Waals surface area contributed by atoms with Crippen LogP contribution in [0.25, 0.3) is 0 Å². The highest BCUT2D eigenvalue weighted by Crippen LogP contribution is 2.32. The lowest BCUT2D eigenvalue weighted by molar-refractivity contribution is -0.133. The van der Waals surface area contributed by atoms with E-state index in [1.165, 1.54) is 17.2 Å². The highest BCUT2D eigenvalue weighted by atomic mass is 19.1. The second-order valence-corrected chi connectivity index (χ2v) is 7.80. The molecule has 1 heterocycles. The monoisotopic (exact) mass is 395 g/mol. The van der Waals surface area contributed by atoms with Crippen LogP contribution < -0.4 is 10.6 Å². The summed E-state index contributed by atoms with van der Waals surface area (Å²) in [7, 11) is 0. The van der Waals surface area contributed by atoms with Crippen molar-refractivity contribution in [3.8, 4) is 0 Å². The van der Waals surface area contributed by atoms with E-state index in [4.69, 9.17) is 0 Å². The number of nitrogens with zero attached hydrogens (tertiary/aromatic N) is 1. The summed E-state index contributed by atoms with van der Waals surface area (Å²) < 4.78 is 13.7. The summed E-state index contributed by atoms with van der Waals surface area (Å²) in [4.78, 5) is 38.7. The molecule has 1 aliphatic carbocycles. The molecule has 0 aromatic heterocycles. The maximum atomic E-state index is 13.7. The summed E-state index contributed by atoms with van der Waals surface area (Å²) >= 11 is 0. The first kappa shape index (κ1) is 19.1. The van der Waals surface area contributed by atoms with Gasteiger partial charge in [0.1, 0.15) is 17.9 Å². The SMILES string of the molecule is Cc1ccc(NC(=O)CN2C(=O)N[C@](C)(c3ccc4c(c3)CCC4)C2=O)cc1F. The maximum absolute atomic E-state index is 13.7. The van der Waals surface area contributed by atoms with Crippen molar-refractivity contribution in [3.63, 3.8) is 0 Å². The number of nitrogens with one attached hydrogen (secondary N) is 2. The van der Waals surface area contributed by atoms with Gasteiger partial charge in [-0.05, 0) is 67.5 Å². The van der Waals surface area contributed by atoms with Gasteiger partial charge in [-0.3, -0.25) is 14.5 Å². The first-order valence-corrected chi connectivity index (χ1v) is 9.60. The number of fused-ring (bicyclic) bond motifs is 1. The first-order chi connectivity index (χ1) is 13.8. The first-order valence-electron chi connectivity index (χ1n) is 9.60. The van der Waals surface area contributed by atoms with Gasteiger partial charge in [0, 0.05) is 5.69 Å². The lowest BCUT2D eigenvalue weighted by Crippen LogP contribution is -2.42. The van der Waals surface area contributed by atoms with Gasteiger partial charge in [-0.1, -0.05) is 24.3 Å². The Bertz CT molecular complexity index is 1040. The van der Waals surface area contributed by atoms with Gasteiger partial charge in [0.15, 0.2) is 0 Å². The number of carbonyl (C=O) groups excluding carboxylic acids is 3. The average Bonchev–Trinajstić information content (AvgIpc) is 3.23. The second-order valence-electron chi connectivity index (χ2n) is 7.80. The predicted octanol–water partition coefficient (Wildman–Crippen LogP) is 3.03. The van der Waals surface area contributed by atoms with Gasteiger partial charge in [-0.15, -0.1) is 0 Å². The van der Waals surface area contributed by atoms with Gasteiger partial charge < -0.3 is 10.6 Å². The number of carbonyl (C=O) groups is 3. The predicted molar refractivity (Wildman–Crippen MR) is 106 cm³/mol. The fraction of sp³-hybridized carbons (Fsp3) is 0.318. The number of urea groups is 1. The van der Waals surface area contributed by atoms with Crippen LogP contribution in [0.5, 0.6) is 0 Å². The molecule has 150 valence electrons. The standard InChI is InChI=1S/C22H22FN3O3/c1-13-6-9-17(11-18(13)23)24-19(27)12-26-20(28)22(2,25-21(26)29)16-8-7-14-4-3-5-15(14)10-16/h6-11H,3-5,12H2,1-2H3,(H,24,27)(H,25,29)/t22-/m1/s1. The number of halogens is 1. The summed E-state index contributed by atoms with van der Waals surface area (Å²) in [6, 6.07) is 9.53. The highest BCUT2D eigenvalue weighted by Gasteiger charge is 2.49. The number of hydrogen-bond donors (Lipinski definition) is 2. The Hall–Kier alpha value is -3.22. The minimum absolute atomic E-state index is 0.270. The molecule has 1 fully saturated rings. The normalized spacial score (nSPS) is 20.6. The van der Waals surface area contributed by atoms with Crippen LogP contribution in [0.2, 0.25) is 0 Å². The molecule has 1 saturated heterocycles. The fourth-order valence-electron chi connectivity index (χ4n) is 3.93. The molecule has 7 heteroatoms. The molecule has 1 atom stereocenters. The molecule has 0 saturated carbocycles. The quantitative estimate of drug-likeness (QED) is 0.781. The van der Waals surface area contributed by atoms with E-state index in [1.54, 1.807) is 26.0 Å². The van der Waals surface area contributed by atoms with Gasteiger partial charge >= 0.3 is 6.03 Å². The maximum Gasteiger partial charge on any atom is 0.325 e. The van der Waals surface area contributed by atoms with Crippen molar-refractivity contribution in [3.05, 3.63) is 64.5 Å². The summed E-state index contributed by atoms with van der Waals surface area (Å²) in [6.07, 6.45) is 3.07. The lowest BCUT2D eigenvalue weighted by Gasteiger charge is -2.23. The highest BCUT2D eigenvalue weighted by molar-refractivity contribution is 6.10. The molecule has 6 nitrogen and oxygen atoms in total. The van der Waals surface area contributed by atoms with E-state index in [2.05, 4.69) is 10.6 Å². The van der Waals surface area contributed by atoms with Gasteiger partial charge in [-0.2, -0.15) is 0 Å². The Labute approximate surface area is 168 Å². The number of anilines is 1. The van der Waals surface area contributed by atoms with Crippen molar-refractivity contribution < 1.29 is 18.8 Å². The van der Waals surface area contributed by atoms with E-state index < -0.39 is 35.7 Å². The third-order valence-electron chi connectivity index (χ3n) is 5.71. The van der Waals surface area contributed by atoms with Crippen LogP contribution in [-0.4, -0.2) is 29.3 Å². The summed E-state index contributed by atoms with van der Waals surface area (Å²) in [6.45, 7) is 2.83. The lowest BCUT2D eigenvalue weighted by atomic mass is 9.89. The van der Waals surface area contributed by atoms with E-state index in [0.717, 1.165) is 24.2 Å². The van der Waals surface area contributed by atoms with Crippen molar-refractivity contribution in [1.82, 2.24) is 10.2 Å². The van der Waals surface area contributed by atoms with Crippen LogP contribution >= 0.6 is 0 Å². The minimum atomic E-state index is -1.22. The van der Waals surface area contributed by atoms with E-state index >= 15 is 0 Å². The molecule has 4 rings (SSSR count). The zero-order valence-electron chi connectivity index (χ0n) is 16.3. The summed E-state index contributed by atoms with van der Waals surface area (Å²) in [5.74, 6) is -1.50.